The first kappa shape index (κ1) is 14.3. The fourth-order valence-electron chi connectivity index (χ4n) is 3.22. The van der Waals surface area contributed by atoms with Crippen molar-refractivity contribution < 1.29 is 0 Å². The second-order valence-corrected chi connectivity index (χ2v) is 6.22. The number of hydrogen-bond acceptors (Lipinski definition) is 3. The van der Waals surface area contributed by atoms with Crippen LogP contribution in [0.1, 0.15) is 31.7 Å². The molecule has 112 valence electrons. The molecule has 1 aliphatic heterocycles. The fourth-order valence-corrected chi connectivity index (χ4v) is 3.22. The molecule has 0 aliphatic carbocycles. The maximum absolute atomic E-state index is 4.97. The van der Waals surface area contributed by atoms with E-state index in [1.54, 1.807) is 0 Å². The maximum atomic E-state index is 4.97. The summed E-state index contributed by atoms with van der Waals surface area (Å²) >= 11 is 0. The molecule has 0 spiro atoms. The van der Waals surface area contributed by atoms with Gasteiger partial charge in [0.25, 0.3) is 0 Å². The summed E-state index contributed by atoms with van der Waals surface area (Å²) < 4.78 is 0. The molecule has 0 amide bonds. The molecule has 1 fully saturated rings. The summed E-state index contributed by atoms with van der Waals surface area (Å²) in [6.07, 6.45) is 3.88. The number of rotatable bonds is 3. The Labute approximate surface area is 127 Å². The summed E-state index contributed by atoms with van der Waals surface area (Å²) in [5, 5.41) is 4.52. The van der Waals surface area contributed by atoms with Crippen LogP contribution >= 0.6 is 0 Å². The van der Waals surface area contributed by atoms with Gasteiger partial charge in [-0.15, -0.1) is 0 Å². The lowest BCUT2D eigenvalue weighted by Crippen LogP contribution is -2.27. The number of pyridine rings is 1. The average molecular weight is 283 g/mol. The topological polar surface area (TPSA) is 28.2 Å². The third kappa shape index (κ3) is 3.18. The van der Waals surface area contributed by atoms with E-state index in [1.165, 1.54) is 36.0 Å². The predicted octanol–water partition coefficient (Wildman–Crippen LogP) is 3.58. The van der Waals surface area contributed by atoms with Gasteiger partial charge in [0.05, 0.1) is 5.52 Å². The monoisotopic (exact) mass is 283 g/mol. The van der Waals surface area contributed by atoms with E-state index < -0.39 is 0 Å². The second kappa shape index (κ2) is 6.44. The summed E-state index contributed by atoms with van der Waals surface area (Å²) in [4.78, 5) is 7.46. The van der Waals surface area contributed by atoms with Crippen molar-refractivity contribution in [3.8, 4) is 0 Å². The molecular formula is C18H25N3. The van der Waals surface area contributed by atoms with Crippen LogP contribution in [0.4, 0.5) is 5.82 Å². The molecule has 1 atom stereocenters. The van der Waals surface area contributed by atoms with Crippen molar-refractivity contribution in [2.45, 2.75) is 32.7 Å². The van der Waals surface area contributed by atoms with Crippen LogP contribution in [0, 0.1) is 5.92 Å². The zero-order valence-electron chi connectivity index (χ0n) is 13.1. The Morgan fingerprint density at radius 2 is 2.10 bits per heavy atom. The Morgan fingerprint density at radius 3 is 2.95 bits per heavy atom. The number of aromatic nitrogens is 1. The predicted molar refractivity (Wildman–Crippen MR) is 89.7 cm³/mol. The van der Waals surface area contributed by atoms with Crippen LogP contribution in [0.25, 0.3) is 10.9 Å². The molecule has 1 aromatic heterocycles. The highest BCUT2D eigenvalue weighted by molar-refractivity contribution is 5.81. The summed E-state index contributed by atoms with van der Waals surface area (Å²) in [5.41, 5.74) is 2.41. The first-order valence-corrected chi connectivity index (χ1v) is 8.06. The van der Waals surface area contributed by atoms with Gasteiger partial charge in [-0.25, -0.2) is 4.98 Å². The van der Waals surface area contributed by atoms with Gasteiger partial charge in [0.15, 0.2) is 0 Å². The number of para-hydroxylation sites is 1. The van der Waals surface area contributed by atoms with Gasteiger partial charge >= 0.3 is 0 Å². The largest absolute Gasteiger partial charge is 0.356 e. The van der Waals surface area contributed by atoms with Gasteiger partial charge in [-0.1, -0.05) is 25.1 Å². The van der Waals surface area contributed by atoms with E-state index in [0.717, 1.165) is 31.1 Å². The highest BCUT2D eigenvalue weighted by atomic mass is 15.2. The number of fused-ring (bicyclic) bond motifs is 1. The Hall–Kier alpha value is -1.61. The molecule has 3 nitrogen and oxygen atoms in total. The summed E-state index contributed by atoms with van der Waals surface area (Å²) in [7, 11) is 2.00. The Morgan fingerprint density at radius 1 is 1.24 bits per heavy atom. The van der Waals surface area contributed by atoms with Crippen LogP contribution in [0.15, 0.2) is 30.3 Å². The third-order valence-corrected chi connectivity index (χ3v) is 4.46. The second-order valence-electron chi connectivity index (χ2n) is 6.22. The van der Waals surface area contributed by atoms with E-state index in [4.69, 9.17) is 4.98 Å². The molecule has 1 aliphatic rings. The van der Waals surface area contributed by atoms with Crippen molar-refractivity contribution in [1.29, 1.82) is 0 Å². The van der Waals surface area contributed by atoms with Crippen LogP contribution in [0.3, 0.4) is 0 Å². The standard InChI is InChI=1S/C18H25N3/c1-14-6-5-10-21(11-9-14)18-16(13-19-2)12-15-7-3-4-8-17(15)20-18/h3-4,7-8,12,14,19H,5-6,9-11,13H2,1-2H3. The van der Waals surface area contributed by atoms with Crippen molar-refractivity contribution in [2.24, 2.45) is 5.92 Å². The molecule has 21 heavy (non-hydrogen) atoms. The van der Waals surface area contributed by atoms with Gasteiger partial charge in [-0.2, -0.15) is 0 Å². The minimum Gasteiger partial charge on any atom is -0.356 e. The summed E-state index contributed by atoms with van der Waals surface area (Å²) in [6, 6.07) is 10.7. The molecule has 1 saturated heterocycles. The van der Waals surface area contributed by atoms with Crippen LogP contribution < -0.4 is 10.2 Å². The zero-order valence-corrected chi connectivity index (χ0v) is 13.1. The minimum absolute atomic E-state index is 0.836. The number of nitrogens with one attached hydrogen (secondary N) is 1. The molecule has 1 aromatic carbocycles. The number of benzene rings is 1. The molecule has 2 aromatic rings. The van der Waals surface area contributed by atoms with E-state index in [1.807, 2.05) is 7.05 Å². The van der Waals surface area contributed by atoms with E-state index in [0.29, 0.717) is 0 Å². The molecule has 0 saturated carbocycles. The van der Waals surface area contributed by atoms with Crippen LogP contribution in [-0.4, -0.2) is 25.1 Å². The van der Waals surface area contributed by atoms with Crippen LogP contribution in [-0.2, 0) is 6.54 Å². The van der Waals surface area contributed by atoms with Crippen molar-refractivity contribution in [2.75, 3.05) is 25.0 Å². The van der Waals surface area contributed by atoms with Gasteiger partial charge in [-0.05, 0) is 44.4 Å². The quantitative estimate of drug-likeness (QED) is 0.933. The van der Waals surface area contributed by atoms with Crippen molar-refractivity contribution in [1.82, 2.24) is 10.3 Å². The van der Waals surface area contributed by atoms with Crippen molar-refractivity contribution in [3.05, 3.63) is 35.9 Å². The molecule has 2 heterocycles. The number of nitrogens with zero attached hydrogens (tertiary/aromatic N) is 2. The van der Waals surface area contributed by atoms with Crippen molar-refractivity contribution in [3.63, 3.8) is 0 Å². The molecule has 1 unspecified atom stereocenters. The highest BCUT2D eigenvalue weighted by Crippen LogP contribution is 2.27. The molecular weight excluding hydrogens is 258 g/mol. The van der Waals surface area contributed by atoms with Gasteiger partial charge in [0.2, 0.25) is 0 Å². The van der Waals surface area contributed by atoms with Gasteiger partial charge in [-0.3, -0.25) is 0 Å². The first-order valence-electron chi connectivity index (χ1n) is 8.06. The lowest BCUT2D eigenvalue weighted by molar-refractivity contribution is 0.521. The Balaban J connectivity index is 2.00. The van der Waals surface area contributed by atoms with E-state index in [2.05, 4.69) is 47.5 Å². The van der Waals surface area contributed by atoms with Gasteiger partial charge in [0.1, 0.15) is 5.82 Å². The van der Waals surface area contributed by atoms with Crippen LogP contribution in [0.2, 0.25) is 0 Å². The normalized spacial score (nSPS) is 19.7. The molecule has 3 heteroatoms. The van der Waals surface area contributed by atoms with E-state index in [-0.39, 0.29) is 0 Å². The first-order chi connectivity index (χ1) is 10.3. The zero-order chi connectivity index (χ0) is 14.7. The fraction of sp³-hybridized carbons (Fsp3) is 0.500. The van der Waals surface area contributed by atoms with Crippen molar-refractivity contribution >= 4 is 16.7 Å². The molecule has 1 N–H and O–H groups in total. The molecule has 3 rings (SSSR count). The molecule has 0 radical (unpaired) electrons. The minimum atomic E-state index is 0.836. The smallest absolute Gasteiger partial charge is 0.133 e. The third-order valence-electron chi connectivity index (χ3n) is 4.46. The SMILES string of the molecule is CNCc1cc2ccccc2nc1N1CCCC(C)CC1. The Kier molecular flexibility index (Phi) is 4.39. The molecule has 0 bridgehead atoms. The summed E-state index contributed by atoms with van der Waals surface area (Å²) in [6.45, 7) is 5.50. The maximum Gasteiger partial charge on any atom is 0.133 e. The van der Waals surface area contributed by atoms with Gasteiger partial charge < -0.3 is 10.2 Å². The lowest BCUT2D eigenvalue weighted by atomic mass is 10.0. The lowest BCUT2D eigenvalue weighted by Gasteiger charge is -2.25. The van der Waals surface area contributed by atoms with Gasteiger partial charge in [0, 0.05) is 30.6 Å². The number of anilines is 1. The van der Waals surface area contributed by atoms with Crippen LogP contribution in [0.5, 0.6) is 0 Å². The number of hydrogen-bond donors (Lipinski definition) is 1. The van der Waals surface area contributed by atoms with E-state index in [9.17, 15) is 0 Å². The van der Waals surface area contributed by atoms with E-state index >= 15 is 0 Å². The highest BCUT2D eigenvalue weighted by Gasteiger charge is 2.18. The summed E-state index contributed by atoms with van der Waals surface area (Å²) in [5.74, 6) is 2.01. The Bertz CT molecular complexity index is 608. The average Bonchev–Trinajstić information content (AvgIpc) is 2.72.